The maximum Gasteiger partial charge on any atom is 0.124 e. The Morgan fingerprint density at radius 2 is 1.84 bits per heavy atom. The topological polar surface area (TPSA) is 38.5 Å². The molecule has 0 amide bonds. The molecule has 0 saturated carbocycles. The van der Waals surface area contributed by atoms with E-state index in [2.05, 4.69) is 31.7 Å². The van der Waals surface area contributed by atoms with Gasteiger partial charge >= 0.3 is 0 Å². The summed E-state index contributed by atoms with van der Waals surface area (Å²) < 4.78 is 5.77. The Bertz CT molecular complexity index is 350. The summed E-state index contributed by atoms with van der Waals surface area (Å²) in [6.45, 7) is 10.4. The van der Waals surface area contributed by atoms with Crippen LogP contribution in [0.2, 0.25) is 0 Å². The van der Waals surface area contributed by atoms with Crippen molar-refractivity contribution >= 4 is 0 Å². The van der Waals surface area contributed by atoms with Gasteiger partial charge in [0.15, 0.2) is 0 Å². The summed E-state index contributed by atoms with van der Waals surface area (Å²) in [6, 6.07) is 8.19. The van der Waals surface area contributed by atoms with Gasteiger partial charge in [-0.2, -0.15) is 0 Å². The van der Waals surface area contributed by atoms with Gasteiger partial charge in [-0.15, -0.1) is 0 Å². The van der Waals surface area contributed by atoms with Gasteiger partial charge in [0.1, 0.15) is 5.75 Å². The second-order valence-electron chi connectivity index (χ2n) is 4.81. The van der Waals surface area contributed by atoms with Crippen molar-refractivity contribution in [3.63, 3.8) is 0 Å². The average molecular weight is 264 g/mol. The zero-order valence-electron chi connectivity index (χ0n) is 12.6. The van der Waals surface area contributed by atoms with E-state index in [4.69, 9.17) is 10.5 Å². The summed E-state index contributed by atoms with van der Waals surface area (Å²) in [5.41, 5.74) is 7.45. The van der Waals surface area contributed by atoms with E-state index in [-0.39, 0.29) is 6.04 Å². The van der Waals surface area contributed by atoms with Crippen LogP contribution in [-0.2, 0) is 0 Å². The third-order valence-corrected chi connectivity index (χ3v) is 3.43. The Morgan fingerprint density at radius 1 is 1.16 bits per heavy atom. The Kier molecular flexibility index (Phi) is 7.53. The van der Waals surface area contributed by atoms with Crippen LogP contribution in [0.15, 0.2) is 24.3 Å². The molecule has 108 valence electrons. The van der Waals surface area contributed by atoms with E-state index in [0.29, 0.717) is 0 Å². The van der Waals surface area contributed by atoms with Gasteiger partial charge in [-0.3, -0.25) is 0 Å². The Morgan fingerprint density at radius 3 is 2.47 bits per heavy atom. The number of ether oxygens (including phenoxy) is 1. The first-order chi connectivity index (χ1) is 9.22. The molecule has 0 aromatic heterocycles. The van der Waals surface area contributed by atoms with E-state index in [9.17, 15) is 0 Å². The van der Waals surface area contributed by atoms with Crippen molar-refractivity contribution in [2.75, 3.05) is 26.2 Å². The van der Waals surface area contributed by atoms with E-state index < -0.39 is 0 Å². The van der Waals surface area contributed by atoms with Crippen LogP contribution in [0, 0.1) is 0 Å². The third kappa shape index (κ3) is 5.21. The van der Waals surface area contributed by atoms with Crippen molar-refractivity contribution in [1.29, 1.82) is 0 Å². The second-order valence-corrected chi connectivity index (χ2v) is 4.81. The highest BCUT2D eigenvalue weighted by Crippen LogP contribution is 2.25. The van der Waals surface area contributed by atoms with Gasteiger partial charge in [0.05, 0.1) is 6.61 Å². The molecule has 0 spiro atoms. The molecule has 3 nitrogen and oxygen atoms in total. The lowest BCUT2D eigenvalue weighted by Crippen LogP contribution is -2.27. The molecule has 0 aliphatic rings. The van der Waals surface area contributed by atoms with Crippen LogP contribution in [0.1, 0.15) is 45.2 Å². The molecule has 1 aromatic rings. The molecular formula is C16H28N2O. The zero-order valence-corrected chi connectivity index (χ0v) is 12.6. The van der Waals surface area contributed by atoms with E-state index in [1.165, 1.54) is 0 Å². The van der Waals surface area contributed by atoms with Crippen LogP contribution in [-0.4, -0.2) is 31.1 Å². The molecule has 0 radical (unpaired) electrons. The van der Waals surface area contributed by atoms with Crippen molar-refractivity contribution in [2.45, 2.75) is 39.7 Å². The molecule has 0 fully saturated rings. The zero-order chi connectivity index (χ0) is 14.1. The van der Waals surface area contributed by atoms with Gasteiger partial charge in [-0.25, -0.2) is 0 Å². The van der Waals surface area contributed by atoms with E-state index in [0.717, 1.165) is 50.4 Å². The molecule has 0 aliphatic carbocycles. The Labute approximate surface area is 117 Å². The second kappa shape index (κ2) is 8.94. The quantitative estimate of drug-likeness (QED) is 0.744. The number of nitrogens with zero attached hydrogens (tertiary/aromatic N) is 1. The van der Waals surface area contributed by atoms with Crippen LogP contribution >= 0.6 is 0 Å². The fraction of sp³-hybridized carbons (Fsp3) is 0.625. The predicted molar refractivity (Wildman–Crippen MR) is 81.6 cm³/mol. The van der Waals surface area contributed by atoms with Crippen molar-refractivity contribution in [3.8, 4) is 5.75 Å². The van der Waals surface area contributed by atoms with Crippen molar-refractivity contribution < 1.29 is 4.74 Å². The van der Waals surface area contributed by atoms with Crippen LogP contribution in [0.5, 0.6) is 5.75 Å². The van der Waals surface area contributed by atoms with Crippen molar-refractivity contribution in [1.82, 2.24) is 4.90 Å². The molecule has 0 heterocycles. The fourth-order valence-corrected chi connectivity index (χ4v) is 2.15. The number of nitrogens with two attached hydrogens (primary N) is 1. The Balaban J connectivity index is 2.62. The normalized spacial score (nSPS) is 12.7. The highest BCUT2D eigenvalue weighted by Gasteiger charge is 2.12. The van der Waals surface area contributed by atoms with Gasteiger partial charge in [0, 0.05) is 11.6 Å². The SMILES string of the molecule is CCCOc1ccccc1C(N)CCN(CC)CC. The standard InChI is InChI=1S/C16H28N2O/c1-4-13-19-16-10-8-7-9-14(16)15(17)11-12-18(5-2)6-3/h7-10,15H,4-6,11-13,17H2,1-3H3. The largest absolute Gasteiger partial charge is 0.493 e. The highest BCUT2D eigenvalue weighted by atomic mass is 16.5. The summed E-state index contributed by atoms with van der Waals surface area (Å²) in [4.78, 5) is 2.40. The van der Waals surface area contributed by atoms with Crippen LogP contribution in [0.25, 0.3) is 0 Å². The lowest BCUT2D eigenvalue weighted by molar-refractivity contribution is 0.285. The first kappa shape index (κ1) is 16.0. The number of hydrogen-bond donors (Lipinski definition) is 1. The van der Waals surface area contributed by atoms with Crippen LogP contribution in [0.4, 0.5) is 0 Å². The summed E-state index contributed by atoms with van der Waals surface area (Å²) in [5, 5.41) is 0. The van der Waals surface area contributed by atoms with Gasteiger partial charge in [-0.1, -0.05) is 39.0 Å². The average Bonchev–Trinajstić information content (AvgIpc) is 2.46. The number of rotatable bonds is 9. The van der Waals surface area contributed by atoms with Gasteiger partial charge < -0.3 is 15.4 Å². The van der Waals surface area contributed by atoms with Gasteiger partial charge in [0.25, 0.3) is 0 Å². The van der Waals surface area contributed by atoms with Crippen LogP contribution in [0.3, 0.4) is 0 Å². The summed E-state index contributed by atoms with van der Waals surface area (Å²) in [5.74, 6) is 0.941. The molecular weight excluding hydrogens is 236 g/mol. The smallest absolute Gasteiger partial charge is 0.124 e. The molecule has 0 bridgehead atoms. The molecule has 0 saturated heterocycles. The molecule has 1 atom stereocenters. The first-order valence-electron chi connectivity index (χ1n) is 7.42. The lowest BCUT2D eigenvalue weighted by Gasteiger charge is -2.22. The van der Waals surface area contributed by atoms with E-state index in [1.807, 2.05) is 18.2 Å². The van der Waals surface area contributed by atoms with E-state index >= 15 is 0 Å². The summed E-state index contributed by atoms with van der Waals surface area (Å²) in [6.07, 6.45) is 1.98. The minimum Gasteiger partial charge on any atom is -0.493 e. The molecule has 0 aliphatic heterocycles. The number of para-hydroxylation sites is 1. The molecule has 1 rings (SSSR count). The lowest BCUT2D eigenvalue weighted by atomic mass is 10.0. The highest BCUT2D eigenvalue weighted by molar-refractivity contribution is 5.35. The molecule has 1 aromatic carbocycles. The predicted octanol–water partition coefficient (Wildman–Crippen LogP) is 3.21. The number of hydrogen-bond acceptors (Lipinski definition) is 3. The van der Waals surface area contributed by atoms with Crippen molar-refractivity contribution in [2.24, 2.45) is 5.73 Å². The first-order valence-corrected chi connectivity index (χ1v) is 7.42. The van der Waals surface area contributed by atoms with Gasteiger partial charge in [0.2, 0.25) is 0 Å². The van der Waals surface area contributed by atoms with Crippen LogP contribution < -0.4 is 10.5 Å². The minimum atomic E-state index is 0.0497. The van der Waals surface area contributed by atoms with Crippen molar-refractivity contribution in [3.05, 3.63) is 29.8 Å². The molecule has 19 heavy (non-hydrogen) atoms. The molecule has 3 heteroatoms. The summed E-state index contributed by atoms with van der Waals surface area (Å²) >= 11 is 0. The maximum atomic E-state index is 6.32. The minimum absolute atomic E-state index is 0.0497. The third-order valence-electron chi connectivity index (χ3n) is 3.43. The maximum absolute atomic E-state index is 6.32. The van der Waals surface area contributed by atoms with E-state index in [1.54, 1.807) is 0 Å². The monoisotopic (exact) mass is 264 g/mol. The Hall–Kier alpha value is -1.06. The van der Waals surface area contributed by atoms with Gasteiger partial charge in [-0.05, 0) is 38.5 Å². The fourth-order valence-electron chi connectivity index (χ4n) is 2.15. The molecule has 2 N–H and O–H groups in total. The number of benzene rings is 1. The summed E-state index contributed by atoms with van der Waals surface area (Å²) in [7, 11) is 0. The molecule has 1 unspecified atom stereocenters.